The number of allylic oxidation sites excluding steroid dienone is 1. The number of carbonyl (C=O) groups excluding carboxylic acids is 1. The van der Waals surface area contributed by atoms with Gasteiger partial charge in [0.05, 0.1) is 0 Å². The van der Waals surface area contributed by atoms with Crippen LogP contribution in [0.4, 0.5) is 0 Å². The molecule has 0 N–H and O–H groups in total. The van der Waals surface area contributed by atoms with Gasteiger partial charge in [0.1, 0.15) is 6.61 Å². The number of cyclic esters (lactones) is 1. The summed E-state index contributed by atoms with van der Waals surface area (Å²) < 4.78 is 5.12. The number of ether oxygens (including phenoxy) is 1. The first kappa shape index (κ1) is 14.3. The van der Waals surface area contributed by atoms with Gasteiger partial charge in [0.2, 0.25) is 0 Å². The van der Waals surface area contributed by atoms with Crippen LogP contribution in [0.5, 0.6) is 0 Å². The molecule has 0 radical (unpaired) electrons. The highest BCUT2D eigenvalue weighted by Crippen LogP contribution is 2.12. The van der Waals surface area contributed by atoms with Crippen LogP contribution in [0.15, 0.2) is 12.2 Å². The summed E-state index contributed by atoms with van der Waals surface area (Å²) in [7, 11) is 0. The number of esters is 1. The van der Waals surface area contributed by atoms with Crippen molar-refractivity contribution in [3.63, 3.8) is 0 Å². The lowest BCUT2D eigenvalue weighted by Gasteiger charge is -2.04. The number of hydrogen-bond donors (Lipinski definition) is 0. The first-order valence-corrected chi connectivity index (χ1v) is 7.20. The predicted octanol–water partition coefficient (Wildman–Crippen LogP) is 4.39. The molecule has 98 valence electrons. The van der Waals surface area contributed by atoms with Crippen molar-refractivity contribution in [2.24, 2.45) is 0 Å². The summed E-state index contributed by atoms with van der Waals surface area (Å²) >= 11 is 0. The third-order valence-corrected chi connectivity index (χ3v) is 3.26. The lowest BCUT2D eigenvalue weighted by Crippen LogP contribution is -2.04. The molecule has 17 heavy (non-hydrogen) atoms. The second-order valence-electron chi connectivity index (χ2n) is 4.88. The van der Waals surface area contributed by atoms with E-state index in [9.17, 15) is 4.79 Å². The van der Waals surface area contributed by atoms with Crippen LogP contribution in [0.3, 0.4) is 0 Å². The smallest absolute Gasteiger partial charge is 0.306 e. The highest BCUT2D eigenvalue weighted by atomic mass is 16.5. The molecule has 0 fully saturated rings. The lowest BCUT2D eigenvalue weighted by atomic mass is 10.1. The molecule has 0 aromatic heterocycles. The zero-order valence-electron chi connectivity index (χ0n) is 11.0. The summed E-state index contributed by atoms with van der Waals surface area (Å²) in [6, 6.07) is 0. The highest BCUT2D eigenvalue weighted by Gasteiger charge is 2.01. The Morgan fingerprint density at radius 3 is 2.06 bits per heavy atom. The van der Waals surface area contributed by atoms with Gasteiger partial charge in [-0.15, -0.1) is 0 Å². The molecule has 0 aromatic rings. The van der Waals surface area contributed by atoms with Crippen LogP contribution in [0, 0.1) is 0 Å². The molecule has 0 saturated heterocycles. The van der Waals surface area contributed by atoms with Gasteiger partial charge in [-0.2, -0.15) is 0 Å². The van der Waals surface area contributed by atoms with Gasteiger partial charge in [0.15, 0.2) is 0 Å². The van der Waals surface area contributed by atoms with Gasteiger partial charge >= 0.3 is 5.97 Å². The fourth-order valence-corrected chi connectivity index (χ4v) is 2.17. The largest absolute Gasteiger partial charge is 0.461 e. The van der Waals surface area contributed by atoms with E-state index in [1.54, 1.807) is 0 Å². The number of carbonyl (C=O) groups is 1. The third-order valence-electron chi connectivity index (χ3n) is 3.26. The summed E-state index contributed by atoms with van der Waals surface area (Å²) in [6.45, 7) is 0.457. The summed E-state index contributed by atoms with van der Waals surface area (Å²) in [4.78, 5) is 11.3. The average Bonchev–Trinajstić information content (AvgIpc) is 2.32. The van der Waals surface area contributed by atoms with Crippen molar-refractivity contribution in [1.29, 1.82) is 0 Å². The SMILES string of the molecule is O=C1CCCCCCCCCCCC=CCO1. The van der Waals surface area contributed by atoms with Crippen molar-refractivity contribution in [1.82, 2.24) is 0 Å². The predicted molar refractivity (Wildman–Crippen MR) is 70.9 cm³/mol. The van der Waals surface area contributed by atoms with Gasteiger partial charge in [-0.05, 0) is 19.3 Å². The van der Waals surface area contributed by atoms with E-state index >= 15 is 0 Å². The Balaban J connectivity index is 2.19. The van der Waals surface area contributed by atoms with E-state index in [-0.39, 0.29) is 5.97 Å². The highest BCUT2D eigenvalue weighted by molar-refractivity contribution is 5.69. The van der Waals surface area contributed by atoms with Gasteiger partial charge in [-0.3, -0.25) is 4.79 Å². The zero-order chi connectivity index (χ0) is 12.2. The van der Waals surface area contributed by atoms with Gasteiger partial charge in [-0.1, -0.05) is 57.1 Å². The van der Waals surface area contributed by atoms with Gasteiger partial charge in [0, 0.05) is 6.42 Å². The Hall–Kier alpha value is -0.790. The molecular formula is C15H26O2. The molecule has 0 atom stereocenters. The van der Waals surface area contributed by atoms with E-state index in [0.29, 0.717) is 13.0 Å². The minimum atomic E-state index is -0.0401. The van der Waals surface area contributed by atoms with Crippen LogP contribution in [0.1, 0.15) is 70.6 Å². The molecule has 0 aliphatic carbocycles. The molecule has 2 heteroatoms. The monoisotopic (exact) mass is 238 g/mol. The van der Waals surface area contributed by atoms with E-state index < -0.39 is 0 Å². The van der Waals surface area contributed by atoms with E-state index in [2.05, 4.69) is 6.08 Å². The molecular weight excluding hydrogens is 212 g/mol. The van der Waals surface area contributed by atoms with E-state index in [1.165, 1.54) is 51.4 Å². The molecule has 2 nitrogen and oxygen atoms in total. The Kier molecular flexibility index (Phi) is 8.71. The van der Waals surface area contributed by atoms with Gasteiger partial charge in [0.25, 0.3) is 0 Å². The summed E-state index contributed by atoms with van der Waals surface area (Å²) in [6.07, 6.45) is 17.3. The van der Waals surface area contributed by atoms with Gasteiger partial charge < -0.3 is 4.74 Å². The molecule has 0 bridgehead atoms. The van der Waals surface area contributed by atoms with Crippen LogP contribution in [0.25, 0.3) is 0 Å². The molecule has 1 aliphatic rings. The van der Waals surface area contributed by atoms with Crippen molar-refractivity contribution >= 4 is 5.97 Å². The minimum Gasteiger partial charge on any atom is -0.461 e. The number of hydrogen-bond acceptors (Lipinski definition) is 2. The molecule has 0 amide bonds. The summed E-state index contributed by atoms with van der Waals surface area (Å²) in [5.41, 5.74) is 0. The fourth-order valence-electron chi connectivity index (χ4n) is 2.17. The van der Waals surface area contributed by atoms with Crippen molar-refractivity contribution in [3.05, 3.63) is 12.2 Å². The topological polar surface area (TPSA) is 26.3 Å². The van der Waals surface area contributed by atoms with Crippen molar-refractivity contribution < 1.29 is 9.53 Å². The first-order chi connectivity index (χ1) is 8.39. The maximum absolute atomic E-state index is 11.3. The lowest BCUT2D eigenvalue weighted by molar-refractivity contribution is -0.142. The second-order valence-corrected chi connectivity index (χ2v) is 4.88. The van der Waals surface area contributed by atoms with E-state index in [0.717, 1.165) is 12.8 Å². The Morgan fingerprint density at radius 2 is 1.35 bits per heavy atom. The molecule has 1 heterocycles. The van der Waals surface area contributed by atoms with E-state index in [1.807, 2.05) is 6.08 Å². The normalized spacial score (nSPS) is 22.0. The minimum absolute atomic E-state index is 0.0401. The van der Waals surface area contributed by atoms with Gasteiger partial charge in [-0.25, -0.2) is 0 Å². The molecule has 0 saturated carbocycles. The molecule has 1 aliphatic heterocycles. The maximum atomic E-state index is 11.3. The number of rotatable bonds is 0. The Labute approximate surface area is 105 Å². The quantitative estimate of drug-likeness (QED) is 0.462. The first-order valence-electron chi connectivity index (χ1n) is 7.20. The van der Waals surface area contributed by atoms with Crippen LogP contribution in [-0.4, -0.2) is 12.6 Å². The Morgan fingerprint density at radius 1 is 0.765 bits per heavy atom. The molecule has 0 aromatic carbocycles. The third kappa shape index (κ3) is 8.96. The summed E-state index contributed by atoms with van der Waals surface area (Å²) in [5.74, 6) is -0.0401. The molecule has 0 spiro atoms. The zero-order valence-corrected chi connectivity index (χ0v) is 11.0. The maximum Gasteiger partial charge on any atom is 0.306 e. The van der Waals surface area contributed by atoms with Crippen molar-refractivity contribution in [2.75, 3.05) is 6.61 Å². The fraction of sp³-hybridized carbons (Fsp3) is 0.800. The standard InChI is InChI=1S/C15H26O2/c16-15-13-11-9-7-5-3-1-2-4-6-8-10-12-14-17-15/h10,12H,1-9,11,13-14H2. The molecule has 1 rings (SSSR count). The van der Waals surface area contributed by atoms with Crippen LogP contribution >= 0.6 is 0 Å². The second kappa shape index (κ2) is 10.4. The Bertz CT molecular complexity index is 221. The molecule has 0 unspecified atom stereocenters. The van der Waals surface area contributed by atoms with Crippen LogP contribution < -0.4 is 0 Å². The summed E-state index contributed by atoms with van der Waals surface area (Å²) in [5, 5.41) is 0. The van der Waals surface area contributed by atoms with Crippen molar-refractivity contribution in [3.8, 4) is 0 Å². The van der Waals surface area contributed by atoms with Crippen molar-refractivity contribution in [2.45, 2.75) is 70.6 Å². The van der Waals surface area contributed by atoms with E-state index in [4.69, 9.17) is 4.74 Å². The average molecular weight is 238 g/mol. The van der Waals surface area contributed by atoms with Crippen LogP contribution in [-0.2, 0) is 9.53 Å². The van der Waals surface area contributed by atoms with Crippen LogP contribution in [0.2, 0.25) is 0 Å².